The van der Waals surface area contributed by atoms with Crippen LogP contribution in [0.2, 0.25) is 5.02 Å². The highest BCUT2D eigenvalue weighted by atomic mass is 35.5. The van der Waals surface area contributed by atoms with E-state index in [0.29, 0.717) is 18.6 Å². The van der Waals surface area contributed by atoms with Gasteiger partial charge < -0.3 is 5.32 Å². The van der Waals surface area contributed by atoms with Crippen molar-refractivity contribution in [2.75, 3.05) is 6.54 Å². The molecule has 3 heteroatoms. The van der Waals surface area contributed by atoms with Gasteiger partial charge in [-0.1, -0.05) is 23.7 Å². The van der Waals surface area contributed by atoms with Gasteiger partial charge in [-0.15, -0.1) is 0 Å². The van der Waals surface area contributed by atoms with Crippen LogP contribution in [-0.4, -0.2) is 12.3 Å². The Kier molecular flexibility index (Phi) is 3.07. The number of benzene rings is 1. The number of carbonyl (C=O) groups excluding carboxylic acids is 1. The van der Waals surface area contributed by atoms with Gasteiger partial charge >= 0.3 is 0 Å². The Bertz CT molecular complexity index is 395. The number of Topliss-reactive ketones (excluding diaryl/α,β-unsaturated/α-hetero) is 1. The summed E-state index contributed by atoms with van der Waals surface area (Å²) in [5.74, 6) is 0.300. The molecule has 0 aliphatic carbocycles. The van der Waals surface area contributed by atoms with Gasteiger partial charge in [-0.3, -0.25) is 4.79 Å². The molecule has 0 spiro atoms. The molecule has 1 heterocycles. The second kappa shape index (κ2) is 4.49. The minimum Gasteiger partial charge on any atom is -0.388 e. The lowest BCUT2D eigenvalue weighted by Gasteiger charge is -2.15. The largest absolute Gasteiger partial charge is 0.388 e. The first-order valence-electron chi connectivity index (χ1n) is 4.96. The Balaban J connectivity index is 2.15. The van der Waals surface area contributed by atoms with Crippen LogP contribution in [0, 0.1) is 0 Å². The Morgan fingerprint density at radius 2 is 2.00 bits per heavy atom. The predicted molar refractivity (Wildman–Crippen MR) is 61.7 cm³/mol. The first-order valence-corrected chi connectivity index (χ1v) is 5.33. The summed E-state index contributed by atoms with van der Waals surface area (Å²) in [6.07, 6.45) is 3.15. The van der Waals surface area contributed by atoms with E-state index in [4.69, 9.17) is 11.6 Å². The van der Waals surface area contributed by atoms with Crippen LogP contribution >= 0.6 is 11.6 Å². The van der Waals surface area contributed by atoms with E-state index in [1.54, 1.807) is 0 Å². The number of halogens is 1. The molecule has 2 nitrogen and oxygen atoms in total. The summed E-state index contributed by atoms with van der Waals surface area (Å²) < 4.78 is 0. The fourth-order valence-corrected chi connectivity index (χ4v) is 1.71. The van der Waals surface area contributed by atoms with Crippen LogP contribution in [-0.2, 0) is 4.79 Å². The van der Waals surface area contributed by atoms with Gasteiger partial charge in [-0.25, -0.2) is 0 Å². The molecule has 0 bridgehead atoms. The summed E-state index contributed by atoms with van der Waals surface area (Å²) in [6.45, 7) is 0.748. The number of hydrogen-bond acceptors (Lipinski definition) is 2. The molecular weight excluding hydrogens is 210 g/mol. The summed E-state index contributed by atoms with van der Waals surface area (Å²) in [5.41, 5.74) is 2.06. The third-order valence-electron chi connectivity index (χ3n) is 2.35. The highest BCUT2D eigenvalue weighted by molar-refractivity contribution is 6.30. The van der Waals surface area contributed by atoms with E-state index in [2.05, 4.69) is 5.32 Å². The number of rotatable bonds is 1. The van der Waals surface area contributed by atoms with Crippen molar-refractivity contribution in [3.63, 3.8) is 0 Å². The molecule has 15 heavy (non-hydrogen) atoms. The number of ketones is 1. The van der Waals surface area contributed by atoms with Gasteiger partial charge in [0.15, 0.2) is 0 Å². The molecule has 0 amide bonds. The van der Waals surface area contributed by atoms with Crippen molar-refractivity contribution in [1.82, 2.24) is 5.32 Å². The van der Waals surface area contributed by atoms with Crippen molar-refractivity contribution in [3.8, 4) is 0 Å². The van der Waals surface area contributed by atoms with Crippen molar-refractivity contribution < 1.29 is 4.79 Å². The summed E-state index contributed by atoms with van der Waals surface area (Å²) in [5, 5.41) is 3.95. The van der Waals surface area contributed by atoms with Crippen LogP contribution in [0.15, 0.2) is 30.0 Å². The molecule has 0 aromatic heterocycles. The quantitative estimate of drug-likeness (QED) is 0.790. The molecule has 0 atom stereocenters. The van der Waals surface area contributed by atoms with E-state index in [-0.39, 0.29) is 0 Å². The zero-order chi connectivity index (χ0) is 10.7. The van der Waals surface area contributed by atoms with Gasteiger partial charge in [0.05, 0.1) is 0 Å². The molecule has 0 saturated carbocycles. The van der Waals surface area contributed by atoms with Gasteiger partial charge in [-0.2, -0.15) is 0 Å². The van der Waals surface area contributed by atoms with Crippen molar-refractivity contribution in [2.45, 2.75) is 12.8 Å². The zero-order valence-corrected chi connectivity index (χ0v) is 9.05. The molecule has 0 radical (unpaired) electrons. The lowest BCUT2D eigenvalue weighted by molar-refractivity contribution is -0.119. The van der Waals surface area contributed by atoms with Gasteiger partial charge in [0.25, 0.3) is 0 Å². The van der Waals surface area contributed by atoms with Gasteiger partial charge in [0, 0.05) is 30.1 Å². The summed E-state index contributed by atoms with van der Waals surface area (Å²) >= 11 is 5.79. The zero-order valence-electron chi connectivity index (χ0n) is 8.29. The molecule has 1 fully saturated rings. The Morgan fingerprint density at radius 1 is 1.27 bits per heavy atom. The van der Waals surface area contributed by atoms with Crippen LogP contribution in [0.5, 0.6) is 0 Å². The maximum absolute atomic E-state index is 11.2. The number of hydrogen-bond donors (Lipinski definition) is 1. The number of allylic oxidation sites excluding steroid dienone is 1. The number of piperidine rings is 1. The molecular formula is C12H12ClNO. The second-order valence-corrected chi connectivity index (χ2v) is 4.05. The molecule has 0 unspecified atom stereocenters. The minimum atomic E-state index is 0.300. The minimum absolute atomic E-state index is 0.300. The number of carbonyl (C=O) groups is 1. The van der Waals surface area contributed by atoms with E-state index in [9.17, 15) is 4.79 Å². The van der Waals surface area contributed by atoms with Crippen LogP contribution in [0.1, 0.15) is 18.4 Å². The van der Waals surface area contributed by atoms with Crippen molar-refractivity contribution in [3.05, 3.63) is 40.5 Å². The lowest BCUT2D eigenvalue weighted by Crippen LogP contribution is -2.25. The van der Waals surface area contributed by atoms with Gasteiger partial charge in [0.1, 0.15) is 5.78 Å². The third kappa shape index (κ3) is 2.83. The molecule has 1 aromatic rings. The van der Waals surface area contributed by atoms with Crippen molar-refractivity contribution in [2.24, 2.45) is 0 Å². The van der Waals surface area contributed by atoms with E-state index in [0.717, 1.165) is 22.8 Å². The standard InChI is InChI=1S/C12H12ClNO/c13-10-3-1-9(2-4-10)7-11-8-12(15)5-6-14-11/h1-4,7,14H,5-6,8H2. The molecule has 2 rings (SSSR count). The van der Waals surface area contributed by atoms with Gasteiger partial charge in [0.2, 0.25) is 0 Å². The first-order chi connectivity index (χ1) is 7.24. The molecule has 78 valence electrons. The first kappa shape index (κ1) is 10.2. The highest BCUT2D eigenvalue weighted by Gasteiger charge is 2.11. The fraction of sp³-hybridized carbons (Fsp3) is 0.250. The molecule has 1 aliphatic rings. The summed E-state index contributed by atoms with van der Waals surface area (Å²) in [4.78, 5) is 11.2. The van der Waals surface area contributed by atoms with Crippen LogP contribution < -0.4 is 5.32 Å². The van der Waals surface area contributed by atoms with E-state index < -0.39 is 0 Å². The lowest BCUT2D eigenvalue weighted by atomic mass is 10.1. The van der Waals surface area contributed by atoms with E-state index in [1.165, 1.54) is 0 Å². The summed E-state index contributed by atoms with van der Waals surface area (Å²) in [7, 11) is 0. The van der Waals surface area contributed by atoms with Crippen LogP contribution in [0.25, 0.3) is 6.08 Å². The Labute approximate surface area is 93.9 Å². The van der Waals surface area contributed by atoms with Crippen LogP contribution in [0.4, 0.5) is 0 Å². The van der Waals surface area contributed by atoms with E-state index in [1.807, 2.05) is 30.3 Å². The molecule has 1 aliphatic heterocycles. The summed E-state index contributed by atoms with van der Waals surface area (Å²) in [6, 6.07) is 7.57. The van der Waals surface area contributed by atoms with Crippen molar-refractivity contribution in [1.29, 1.82) is 0 Å². The maximum atomic E-state index is 11.2. The Hall–Kier alpha value is -1.28. The topological polar surface area (TPSA) is 29.1 Å². The average Bonchev–Trinajstić information content (AvgIpc) is 2.22. The van der Waals surface area contributed by atoms with Crippen LogP contribution in [0.3, 0.4) is 0 Å². The fourth-order valence-electron chi connectivity index (χ4n) is 1.59. The average molecular weight is 222 g/mol. The third-order valence-corrected chi connectivity index (χ3v) is 2.61. The SMILES string of the molecule is O=C1CCNC(=Cc2ccc(Cl)cc2)C1. The second-order valence-electron chi connectivity index (χ2n) is 3.61. The molecule has 1 N–H and O–H groups in total. The van der Waals surface area contributed by atoms with Crippen molar-refractivity contribution >= 4 is 23.5 Å². The monoisotopic (exact) mass is 221 g/mol. The molecule has 1 aromatic carbocycles. The van der Waals surface area contributed by atoms with E-state index >= 15 is 0 Å². The normalized spacial score (nSPS) is 19.0. The van der Waals surface area contributed by atoms with Gasteiger partial charge in [-0.05, 0) is 23.8 Å². The number of nitrogens with one attached hydrogen (secondary N) is 1. The Morgan fingerprint density at radius 3 is 2.67 bits per heavy atom. The maximum Gasteiger partial charge on any atom is 0.140 e. The smallest absolute Gasteiger partial charge is 0.140 e. The highest BCUT2D eigenvalue weighted by Crippen LogP contribution is 2.15. The molecule has 1 saturated heterocycles. The predicted octanol–water partition coefficient (Wildman–Crippen LogP) is 2.63.